The lowest BCUT2D eigenvalue weighted by atomic mass is 10.2. The maximum Gasteiger partial charge on any atom is 0.0572 e. The molecule has 0 aliphatic carbocycles. The number of hydrogen-bond donors (Lipinski definition) is 1. The molecule has 0 aromatic heterocycles. The zero-order chi connectivity index (χ0) is 7.94. The average molecular weight is 188 g/mol. The fourth-order valence-electron chi connectivity index (χ4n) is 0.942. The van der Waals surface area contributed by atoms with E-state index in [-0.39, 0.29) is 12.4 Å². The van der Waals surface area contributed by atoms with E-state index in [1.165, 1.54) is 5.56 Å². The molecule has 0 bridgehead atoms. The van der Waals surface area contributed by atoms with Crippen molar-refractivity contribution in [1.82, 2.24) is 5.48 Å². The maximum absolute atomic E-state index is 4.71. The van der Waals surface area contributed by atoms with Crippen LogP contribution in [0, 0.1) is 0 Å². The lowest BCUT2D eigenvalue weighted by molar-refractivity contribution is 0.0928. The Morgan fingerprint density at radius 2 is 1.92 bits per heavy atom. The van der Waals surface area contributed by atoms with Gasteiger partial charge in [-0.3, -0.25) is 0 Å². The molecule has 0 saturated carbocycles. The molecule has 1 N–H and O–H groups in total. The molecule has 3 heteroatoms. The quantitative estimate of drug-likeness (QED) is 0.574. The molecule has 0 atom stereocenters. The van der Waals surface area contributed by atoms with Crippen LogP contribution in [0.1, 0.15) is 5.56 Å². The van der Waals surface area contributed by atoms with Gasteiger partial charge in [-0.25, -0.2) is 5.48 Å². The molecule has 0 heterocycles. The van der Waals surface area contributed by atoms with E-state index in [1.807, 2.05) is 18.2 Å². The van der Waals surface area contributed by atoms with Gasteiger partial charge in [0.2, 0.25) is 0 Å². The highest BCUT2D eigenvalue weighted by Gasteiger charge is 1.88. The van der Waals surface area contributed by atoms with E-state index in [2.05, 4.69) is 17.6 Å². The lowest BCUT2D eigenvalue weighted by Crippen LogP contribution is -2.14. The third-order valence-electron chi connectivity index (χ3n) is 1.50. The molecule has 2 nitrogen and oxygen atoms in total. The molecule has 0 fully saturated rings. The second-order valence-electron chi connectivity index (χ2n) is 2.33. The van der Waals surface area contributed by atoms with Gasteiger partial charge in [0.05, 0.1) is 7.11 Å². The number of hydroxylamine groups is 1. The molecule has 0 aliphatic rings. The summed E-state index contributed by atoms with van der Waals surface area (Å²) in [4.78, 5) is 4.71. The number of hydrogen-bond acceptors (Lipinski definition) is 2. The van der Waals surface area contributed by atoms with Crippen molar-refractivity contribution in [2.45, 2.75) is 6.42 Å². The normalized spacial score (nSPS) is 9.08. The van der Waals surface area contributed by atoms with Crippen molar-refractivity contribution in [1.29, 1.82) is 0 Å². The average Bonchev–Trinajstić information content (AvgIpc) is 2.07. The van der Waals surface area contributed by atoms with E-state index < -0.39 is 0 Å². The van der Waals surface area contributed by atoms with Gasteiger partial charge in [0, 0.05) is 6.54 Å². The van der Waals surface area contributed by atoms with Crippen LogP contribution >= 0.6 is 12.4 Å². The standard InChI is InChI=1S/C9H13NO.ClH/c1-11-10-8-7-9-5-3-2-4-6-9;/h2-6,10H,7-8H2,1H3;1H. The molecule has 0 unspecified atom stereocenters. The molecule has 1 rings (SSSR count). The first-order valence-corrected chi connectivity index (χ1v) is 3.73. The van der Waals surface area contributed by atoms with Crippen molar-refractivity contribution in [2.75, 3.05) is 13.7 Å². The number of nitrogens with one attached hydrogen (secondary N) is 1. The van der Waals surface area contributed by atoms with Crippen molar-refractivity contribution in [3.63, 3.8) is 0 Å². The Morgan fingerprint density at radius 3 is 2.50 bits per heavy atom. The first-order chi connectivity index (χ1) is 5.43. The zero-order valence-electron chi connectivity index (χ0n) is 7.12. The van der Waals surface area contributed by atoms with Gasteiger partial charge >= 0.3 is 0 Å². The van der Waals surface area contributed by atoms with Crippen LogP contribution in [-0.4, -0.2) is 13.7 Å². The van der Waals surface area contributed by atoms with Gasteiger partial charge in [-0.1, -0.05) is 30.3 Å². The predicted molar refractivity (Wildman–Crippen MR) is 52.4 cm³/mol. The van der Waals surface area contributed by atoms with E-state index in [0.717, 1.165) is 13.0 Å². The second-order valence-corrected chi connectivity index (χ2v) is 2.33. The highest BCUT2D eigenvalue weighted by Crippen LogP contribution is 1.97. The molecular weight excluding hydrogens is 174 g/mol. The van der Waals surface area contributed by atoms with E-state index in [0.29, 0.717) is 0 Å². The second kappa shape index (κ2) is 7.10. The Bertz CT molecular complexity index is 191. The number of halogens is 1. The third-order valence-corrected chi connectivity index (χ3v) is 1.50. The SMILES string of the molecule is CONCCc1ccccc1.Cl. The first kappa shape index (κ1) is 11.4. The topological polar surface area (TPSA) is 21.3 Å². The van der Waals surface area contributed by atoms with Crippen LogP contribution in [0.5, 0.6) is 0 Å². The van der Waals surface area contributed by atoms with Crippen LogP contribution in [-0.2, 0) is 11.3 Å². The Morgan fingerprint density at radius 1 is 1.25 bits per heavy atom. The Labute approximate surface area is 79.3 Å². The minimum absolute atomic E-state index is 0. The summed E-state index contributed by atoms with van der Waals surface area (Å²) in [5, 5.41) is 0. The van der Waals surface area contributed by atoms with Crippen molar-refractivity contribution >= 4 is 12.4 Å². The highest BCUT2D eigenvalue weighted by molar-refractivity contribution is 5.85. The molecule has 12 heavy (non-hydrogen) atoms. The van der Waals surface area contributed by atoms with Gasteiger partial charge in [0.15, 0.2) is 0 Å². The van der Waals surface area contributed by atoms with Crippen molar-refractivity contribution in [3.8, 4) is 0 Å². The molecule has 0 aliphatic heterocycles. The Kier molecular flexibility index (Phi) is 6.76. The van der Waals surface area contributed by atoms with Crippen LogP contribution in [0.15, 0.2) is 30.3 Å². The first-order valence-electron chi connectivity index (χ1n) is 3.73. The van der Waals surface area contributed by atoms with Gasteiger partial charge < -0.3 is 4.84 Å². The van der Waals surface area contributed by atoms with Gasteiger partial charge in [0.1, 0.15) is 0 Å². The van der Waals surface area contributed by atoms with Gasteiger partial charge in [-0.05, 0) is 12.0 Å². The maximum atomic E-state index is 4.71. The van der Waals surface area contributed by atoms with Crippen molar-refractivity contribution < 1.29 is 4.84 Å². The summed E-state index contributed by atoms with van der Waals surface area (Å²) >= 11 is 0. The summed E-state index contributed by atoms with van der Waals surface area (Å²) in [6.45, 7) is 0.862. The highest BCUT2D eigenvalue weighted by atomic mass is 35.5. The largest absolute Gasteiger partial charge is 0.305 e. The minimum Gasteiger partial charge on any atom is -0.305 e. The van der Waals surface area contributed by atoms with E-state index in [9.17, 15) is 0 Å². The van der Waals surface area contributed by atoms with Gasteiger partial charge in [-0.2, -0.15) is 0 Å². The Hall–Kier alpha value is -0.570. The molecule has 0 radical (unpaired) electrons. The number of rotatable bonds is 4. The van der Waals surface area contributed by atoms with E-state index in [1.54, 1.807) is 7.11 Å². The van der Waals surface area contributed by atoms with Crippen LogP contribution < -0.4 is 5.48 Å². The minimum atomic E-state index is 0. The number of benzene rings is 1. The Balaban J connectivity index is 0.00000121. The van der Waals surface area contributed by atoms with Crippen LogP contribution in [0.3, 0.4) is 0 Å². The fourth-order valence-corrected chi connectivity index (χ4v) is 0.942. The smallest absolute Gasteiger partial charge is 0.0572 e. The van der Waals surface area contributed by atoms with Crippen LogP contribution in [0.25, 0.3) is 0 Å². The molecule has 0 spiro atoms. The molecule has 1 aromatic rings. The van der Waals surface area contributed by atoms with Crippen molar-refractivity contribution in [3.05, 3.63) is 35.9 Å². The monoisotopic (exact) mass is 187 g/mol. The molecule has 1 aromatic carbocycles. The fraction of sp³-hybridized carbons (Fsp3) is 0.333. The zero-order valence-corrected chi connectivity index (χ0v) is 7.93. The predicted octanol–water partition coefficient (Wildman–Crippen LogP) is 1.80. The molecular formula is C9H14ClNO. The summed E-state index contributed by atoms with van der Waals surface area (Å²) in [6, 6.07) is 10.3. The lowest BCUT2D eigenvalue weighted by Gasteiger charge is -2.00. The molecule has 68 valence electrons. The summed E-state index contributed by atoms with van der Waals surface area (Å²) in [5.74, 6) is 0. The van der Waals surface area contributed by atoms with E-state index in [4.69, 9.17) is 4.84 Å². The summed E-state index contributed by atoms with van der Waals surface area (Å²) < 4.78 is 0. The molecule has 0 saturated heterocycles. The summed E-state index contributed by atoms with van der Waals surface area (Å²) in [7, 11) is 1.63. The summed E-state index contributed by atoms with van der Waals surface area (Å²) in [5.41, 5.74) is 4.13. The van der Waals surface area contributed by atoms with Gasteiger partial charge in [-0.15, -0.1) is 12.4 Å². The van der Waals surface area contributed by atoms with Crippen LogP contribution in [0.2, 0.25) is 0 Å². The third kappa shape index (κ3) is 4.34. The summed E-state index contributed by atoms with van der Waals surface area (Å²) in [6.07, 6.45) is 1.01. The van der Waals surface area contributed by atoms with Crippen molar-refractivity contribution in [2.24, 2.45) is 0 Å². The van der Waals surface area contributed by atoms with E-state index >= 15 is 0 Å². The van der Waals surface area contributed by atoms with Gasteiger partial charge in [0.25, 0.3) is 0 Å². The van der Waals surface area contributed by atoms with Crippen LogP contribution in [0.4, 0.5) is 0 Å². The molecule has 0 amide bonds.